The van der Waals surface area contributed by atoms with Crippen LogP contribution >= 0.6 is 23.2 Å². The first kappa shape index (κ1) is 27.8. The highest BCUT2D eigenvalue weighted by atomic mass is 35.5. The van der Waals surface area contributed by atoms with Crippen molar-refractivity contribution in [2.24, 2.45) is 0 Å². The Kier molecular flexibility index (Phi) is 8.59. The first-order chi connectivity index (χ1) is 17.0. The number of halogens is 2. The fourth-order valence-electron chi connectivity index (χ4n) is 4.29. The van der Waals surface area contributed by atoms with Crippen LogP contribution in [0, 0.1) is 0 Å². The largest absolute Gasteiger partial charge is 0.507 e. The standard InChI is InChI=1S/C27H31Cl2NO6/c1-27(2,3)16-10-8-15(9-11-16)21-19(23(32)26(33)30(21)12-7-13-34-4)22(31)17-14-18(28)25(36-6)20(29)24(17)35-5/h8-11,14,21,31H,7,12-13H2,1-6H3/b22-19+. The number of aliphatic hydroxyl groups excluding tert-OH is 1. The number of ether oxygens (including phenoxy) is 3. The second kappa shape index (κ2) is 11.1. The lowest BCUT2D eigenvalue weighted by atomic mass is 9.85. The first-order valence-electron chi connectivity index (χ1n) is 11.5. The number of benzene rings is 2. The molecule has 1 aliphatic rings. The molecule has 9 heteroatoms. The predicted octanol–water partition coefficient (Wildman–Crippen LogP) is 5.77. The smallest absolute Gasteiger partial charge is 0.295 e. The van der Waals surface area contributed by atoms with Crippen LogP contribution in [0.15, 0.2) is 35.9 Å². The van der Waals surface area contributed by atoms with Crippen molar-refractivity contribution >= 4 is 40.7 Å². The number of nitrogens with zero attached hydrogens (tertiary/aromatic N) is 1. The highest BCUT2D eigenvalue weighted by molar-refractivity contribution is 6.47. The summed E-state index contributed by atoms with van der Waals surface area (Å²) >= 11 is 12.7. The molecule has 1 saturated heterocycles. The van der Waals surface area contributed by atoms with Crippen molar-refractivity contribution in [3.8, 4) is 11.5 Å². The topological polar surface area (TPSA) is 85.3 Å². The van der Waals surface area contributed by atoms with Crippen molar-refractivity contribution in [2.45, 2.75) is 38.6 Å². The molecule has 0 spiro atoms. The van der Waals surface area contributed by atoms with E-state index in [9.17, 15) is 14.7 Å². The van der Waals surface area contributed by atoms with Crippen molar-refractivity contribution in [2.75, 3.05) is 34.5 Å². The van der Waals surface area contributed by atoms with E-state index >= 15 is 0 Å². The Hall–Kier alpha value is -2.74. The summed E-state index contributed by atoms with van der Waals surface area (Å²) in [5.74, 6) is -1.71. The van der Waals surface area contributed by atoms with Gasteiger partial charge in [0.15, 0.2) is 11.5 Å². The zero-order valence-corrected chi connectivity index (χ0v) is 22.8. The predicted molar refractivity (Wildman–Crippen MR) is 140 cm³/mol. The van der Waals surface area contributed by atoms with Gasteiger partial charge in [0.1, 0.15) is 10.8 Å². The van der Waals surface area contributed by atoms with Gasteiger partial charge in [-0.3, -0.25) is 9.59 Å². The molecule has 0 aromatic heterocycles. The van der Waals surface area contributed by atoms with Crippen LogP contribution in [0.2, 0.25) is 10.0 Å². The minimum Gasteiger partial charge on any atom is -0.507 e. The Labute approximate surface area is 221 Å². The SMILES string of the molecule is COCCCN1C(=O)C(=O)/C(=C(/O)c2cc(Cl)c(OC)c(Cl)c2OC)C1c1ccc(C(C)(C)C)cc1. The zero-order chi connectivity index (χ0) is 26.8. The average Bonchev–Trinajstić information content (AvgIpc) is 3.08. The van der Waals surface area contributed by atoms with Crippen molar-refractivity contribution in [3.05, 3.63) is 62.6 Å². The van der Waals surface area contributed by atoms with Crippen LogP contribution in [0.25, 0.3) is 5.76 Å². The van der Waals surface area contributed by atoms with E-state index in [2.05, 4.69) is 20.8 Å². The lowest BCUT2D eigenvalue weighted by molar-refractivity contribution is -0.140. The molecule has 194 valence electrons. The molecular formula is C27H31Cl2NO6. The molecule has 0 aliphatic carbocycles. The molecule has 2 aromatic carbocycles. The second-order valence-corrected chi connectivity index (χ2v) is 10.3. The number of amides is 1. The van der Waals surface area contributed by atoms with Gasteiger partial charge in [-0.25, -0.2) is 0 Å². The lowest BCUT2D eigenvalue weighted by Crippen LogP contribution is -2.31. The van der Waals surface area contributed by atoms with Gasteiger partial charge in [0.05, 0.1) is 36.4 Å². The fraction of sp³-hybridized carbons (Fsp3) is 0.407. The Morgan fingerprint density at radius 3 is 2.17 bits per heavy atom. The second-order valence-electron chi connectivity index (χ2n) is 9.50. The van der Waals surface area contributed by atoms with Gasteiger partial charge in [-0.2, -0.15) is 0 Å². The average molecular weight is 536 g/mol. The molecule has 1 fully saturated rings. The summed E-state index contributed by atoms with van der Waals surface area (Å²) in [4.78, 5) is 27.9. The van der Waals surface area contributed by atoms with Crippen LogP contribution in [-0.4, -0.2) is 56.2 Å². The Bertz CT molecular complexity index is 1180. The number of rotatable bonds is 8. The van der Waals surface area contributed by atoms with Crippen LogP contribution in [-0.2, 0) is 19.7 Å². The summed E-state index contributed by atoms with van der Waals surface area (Å²) in [6, 6.07) is 8.26. The molecule has 1 heterocycles. The van der Waals surface area contributed by atoms with Crippen molar-refractivity contribution in [1.29, 1.82) is 0 Å². The summed E-state index contributed by atoms with van der Waals surface area (Å²) in [6.07, 6.45) is 0.518. The van der Waals surface area contributed by atoms with Gasteiger partial charge in [-0.1, -0.05) is 68.2 Å². The van der Waals surface area contributed by atoms with Crippen LogP contribution in [0.4, 0.5) is 0 Å². The number of Topliss-reactive ketones (excluding diaryl/α,β-unsaturated/α-hetero) is 1. The maximum absolute atomic E-state index is 13.3. The van der Waals surface area contributed by atoms with E-state index in [0.717, 1.165) is 5.56 Å². The Morgan fingerprint density at radius 2 is 1.64 bits per heavy atom. The van der Waals surface area contributed by atoms with Crippen LogP contribution < -0.4 is 9.47 Å². The minimum absolute atomic E-state index is 0.0365. The van der Waals surface area contributed by atoms with Gasteiger partial charge >= 0.3 is 0 Å². The first-order valence-corrected chi connectivity index (χ1v) is 12.2. The third-order valence-corrected chi connectivity index (χ3v) is 6.80. The van der Waals surface area contributed by atoms with Crippen LogP contribution in [0.1, 0.15) is 49.9 Å². The molecule has 1 amide bonds. The highest BCUT2D eigenvalue weighted by Gasteiger charge is 2.46. The van der Waals surface area contributed by atoms with E-state index in [-0.39, 0.29) is 44.6 Å². The zero-order valence-electron chi connectivity index (χ0n) is 21.3. The Morgan fingerprint density at radius 1 is 1.03 bits per heavy atom. The highest BCUT2D eigenvalue weighted by Crippen LogP contribution is 2.47. The van der Waals surface area contributed by atoms with Gasteiger partial charge in [0.25, 0.3) is 11.7 Å². The molecule has 1 N–H and O–H groups in total. The van der Waals surface area contributed by atoms with Crippen LogP contribution in [0.5, 0.6) is 11.5 Å². The van der Waals surface area contributed by atoms with E-state index in [0.29, 0.717) is 18.6 Å². The number of ketones is 1. The molecular weight excluding hydrogens is 505 g/mol. The number of likely N-dealkylation sites (tertiary alicyclic amines) is 1. The maximum Gasteiger partial charge on any atom is 0.295 e. The normalized spacial score (nSPS) is 17.6. The molecule has 2 aromatic rings. The molecule has 1 atom stereocenters. The lowest BCUT2D eigenvalue weighted by Gasteiger charge is -2.26. The Balaban J connectivity index is 2.24. The van der Waals surface area contributed by atoms with E-state index in [1.54, 1.807) is 7.11 Å². The summed E-state index contributed by atoms with van der Waals surface area (Å²) in [6.45, 7) is 6.98. The van der Waals surface area contributed by atoms with E-state index in [1.165, 1.54) is 25.2 Å². The quantitative estimate of drug-likeness (QED) is 0.200. The fourth-order valence-corrected chi connectivity index (χ4v) is 4.98. The van der Waals surface area contributed by atoms with Gasteiger partial charge < -0.3 is 24.2 Å². The van der Waals surface area contributed by atoms with Gasteiger partial charge in [-0.15, -0.1) is 0 Å². The summed E-state index contributed by atoms with van der Waals surface area (Å²) in [5.41, 5.74) is 1.71. The minimum atomic E-state index is -0.819. The maximum atomic E-state index is 13.3. The number of aliphatic hydroxyl groups is 1. The van der Waals surface area contributed by atoms with Crippen molar-refractivity contribution < 1.29 is 28.9 Å². The molecule has 0 bridgehead atoms. The van der Waals surface area contributed by atoms with Crippen molar-refractivity contribution in [3.63, 3.8) is 0 Å². The van der Waals surface area contributed by atoms with E-state index in [4.69, 9.17) is 37.4 Å². The number of carbonyl (C=O) groups is 2. The molecule has 7 nitrogen and oxygen atoms in total. The summed E-state index contributed by atoms with van der Waals surface area (Å²) in [7, 11) is 4.34. The van der Waals surface area contributed by atoms with Crippen LogP contribution in [0.3, 0.4) is 0 Å². The number of methoxy groups -OCH3 is 3. The summed E-state index contributed by atoms with van der Waals surface area (Å²) in [5, 5.41) is 11.6. The van der Waals surface area contributed by atoms with Gasteiger partial charge in [0, 0.05) is 20.3 Å². The van der Waals surface area contributed by atoms with E-state index < -0.39 is 23.5 Å². The monoisotopic (exact) mass is 535 g/mol. The summed E-state index contributed by atoms with van der Waals surface area (Å²) < 4.78 is 15.8. The van der Waals surface area contributed by atoms with E-state index in [1.807, 2.05) is 24.3 Å². The molecule has 0 saturated carbocycles. The number of hydrogen-bond donors (Lipinski definition) is 1. The van der Waals surface area contributed by atoms with Crippen molar-refractivity contribution in [1.82, 2.24) is 4.90 Å². The molecule has 36 heavy (non-hydrogen) atoms. The third kappa shape index (κ3) is 5.19. The third-order valence-electron chi connectivity index (χ3n) is 6.17. The molecule has 0 radical (unpaired) electrons. The molecule has 1 aliphatic heterocycles. The van der Waals surface area contributed by atoms with Gasteiger partial charge in [-0.05, 0) is 29.0 Å². The van der Waals surface area contributed by atoms with Gasteiger partial charge in [0.2, 0.25) is 0 Å². The molecule has 1 unspecified atom stereocenters. The molecule has 3 rings (SSSR count). The number of carbonyl (C=O) groups excluding carboxylic acids is 2. The number of hydrogen-bond acceptors (Lipinski definition) is 6.